The Balaban J connectivity index is 1.62. The molecule has 0 saturated heterocycles. The lowest BCUT2D eigenvalue weighted by atomic mass is 10.1. The van der Waals surface area contributed by atoms with Gasteiger partial charge in [0.25, 0.3) is 5.91 Å². The molecule has 0 radical (unpaired) electrons. The molecule has 2 N–H and O–H groups in total. The van der Waals surface area contributed by atoms with Crippen LogP contribution >= 0.6 is 0 Å². The second-order valence-electron chi connectivity index (χ2n) is 8.91. The molecule has 0 spiro atoms. The van der Waals surface area contributed by atoms with Gasteiger partial charge in [0.1, 0.15) is 0 Å². The maximum absolute atomic E-state index is 12.9. The number of amides is 2. The summed E-state index contributed by atoms with van der Waals surface area (Å²) in [5.74, 6) is -0.583. The minimum absolute atomic E-state index is 0.104. The number of hydrogen-bond donors (Lipinski definition) is 2. The number of carbonyl (C=O) groups is 2. The number of nitrogens with one attached hydrogen (secondary N) is 2. The monoisotopic (exact) mass is 507 g/mol. The van der Waals surface area contributed by atoms with Gasteiger partial charge in [0.2, 0.25) is 15.9 Å². The van der Waals surface area contributed by atoms with E-state index in [4.69, 9.17) is 0 Å². The molecule has 0 aliphatic rings. The largest absolute Gasteiger partial charge is 0.345 e. The predicted octanol–water partition coefficient (Wildman–Crippen LogP) is 4.98. The molecular weight excluding hydrogens is 474 g/mol. The SMILES string of the molecule is Cc1ccc(N(CCCC(=O)Nc2ccccc2C(=O)N[C@H](C)c2ccccc2)S(C)(=O)=O)cc1C. The molecule has 0 aliphatic carbocycles. The second-order valence-corrected chi connectivity index (χ2v) is 10.8. The van der Waals surface area contributed by atoms with E-state index in [1.54, 1.807) is 30.3 Å². The summed E-state index contributed by atoms with van der Waals surface area (Å²) >= 11 is 0. The van der Waals surface area contributed by atoms with Crippen LogP contribution < -0.4 is 14.9 Å². The fraction of sp³-hybridized carbons (Fsp3) is 0.286. The van der Waals surface area contributed by atoms with Crippen molar-refractivity contribution in [1.82, 2.24) is 5.32 Å². The summed E-state index contributed by atoms with van der Waals surface area (Å²) in [6.45, 7) is 5.97. The van der Waals surface area contributed by atoms with Crippen LogP contribution in [-0.2, 0) is 14.8 Å². The van der Waals surface area contributed by atoms with Crippen LogP contribution in [0.2, 0.25) is 0 Å². The number of benzene rings is 3. The molecule has 0 unspecified atom stereocenters. The maximum atomic E-state index is 12.9. The van der Waals surface area contributed by atoms with Crippen molar-refractivity contribution in [2.24, 2.45) is 0 Å². The molecule has 8 heteroatoms. The molecule has 7 nitrogen and oxygen atoms in total. The van der Waals surface area contributed by atoms with Crippen molar-refractivity contribution < 1.29 is 18.0 Å². The second kappa shape index (κ2) is 11.9. The smallest absolute Gasteiger partial charge is 0.253 e. The highest BCUT2D eigenvalue weighted by Gasteiger charge is 2.19. The number of rotatable bonds is 10. The normalized spacial score (nSPS) is 12.0. The molecule has 3 rings (SSSR count). The third kappa shape index (κ3) is 7.18. The van der Waals surface area contributed by atoms with E-state index in [0.717, 1.165) is 22.9 Å². The van der Waals surface area contributed by atoms with Gasteiger partial charge in [-0.25, -0.2) is 8.42 Å². The molecule has 3 aromatic carbocycles. The maximum Gasteiger partial charge on any atom is 0.253 e. The summed E-state index contributed by atoms with van der Waals surface area (Å²) in [5.41, 5.74) is 4.40. The Kier molecular flexibility index (Phi) is 8.88. The van der Waals surface area contributed by atoms with E-state index in [1.165, 1.54) is 4.31 Å². The lowest BCUT2D eigenvalue weighted by Crippen LogP contribution is -2.31. The summed E-state index contributed by atoms with van der Waals surface area (Å²) in [5, 5.41) is 5.77. The third-order valence-corrected chi connectivity index (χ3v) is 7.23. The van der Waals surface area contributed by atoms with Gasteiger partial charge in [-0.15, -0.1) is 0 Å². The Morgan fingerprint density at radius 3 is 2.25 bits per heavy atom. The lowest BCUT2D eigenvalue weighted by molar-refractivity contribution is -0.116. The van der Waals surface area contributed by atoms with Crippen molar-refractivity contribution in [2.45, 2.75) is 39.7 Å². The van der Waals surface area contributed by atoms with E-state index < -0.39 is 10.0 Å². The number of carbonyl (C=O) groups excluding carboxylic acids is 2. The number of nitrogens with zero attached hydrogens (tertiary/aromatic N) is 1. The molecular formula is C28H33N3O4S. The van der Waals surface area contributed by atoms with Gasteiger partial charge in [0, 0.05) is 13.0 Å². The molecule has 36 heavy (non-hydrogen) atoms. The van der Waals surface area contributed by atoms with Gasteiger partial charge in [0.05, 0.1) is 29.2 Å². The summed E-state index contributed by atoms with van der Waals surface area (Å²) in [6.07, 6.45) is 1.59. The van der Waals surface area contributed by atoms with Crippen molar-refractivity contribution in [3.8, 4) is 0 Å². The fourth-order valence-corrected chi connectivity index (χ4v) is 4.81. The predicted molar refractivity (Wildman–Crippen MR) is 145 cm³/mol. The van der Waals surface area contributed by atoms with Gasteiger partial charge in [-0.1, -0.05) is 48.5 Å². The van der Waals surface area contributed by atoms with Gasteiger partial charge in [-0.05, 0) is 68.1 Å². The molecule has 0 heterocycles. The minimum atomic E-state index is -3.51. The van der Waals surface area contributed by atoms with Crippen molar-refractivity contribution in [2.75, 3.05) is 22.4 Å². The average Bonchev–Trinajstić information content (AvgIpc) is 2.83. The van der Waals surface area contributed by atoms with E-state index in [1.807, 2.05) is 63.2 Å². The number of sulfonamides is 1. The van der Waals surface area contributed by atoms with Crippen LogP contribution in [0.1, 0.15) is 52.9 Å². The summed E-state index contributed by atoms with van der Waals surface area (Å²) in [7, 11) is -3.51. The molecule has 0 aliphatic heterocycles. The quantitative estimate of drug-likeness (QED) is 0.405. The van der Waals surface area contributed by atoms with Gasteiger partial charge in [-0.3, -0.25) is 13.9 Å². The minimum Gasteiger partial charge on any atom is -0.345 e. The van der Waals surface area contributed by atoms with Crippen molar-refractivity contribution >= 4 is 33.2 Å². The van der Waals surface area contributed by atoms with Crippen LogP contribution in [0.15, 0.2) is 72.8 Å². The zero-order valence-corrected chi connectivity index (χ0v) is 21.9. The Morgan fingerprint density at radius 2 is 1.58 bits per heavy atom. The average molecular weight is 508 g/mol. The van der Waals surface area contributed by atoms with Crippen molar-refractivity contribution in [1.29, 1.82) is 0 Å². The van der Waals surface area contributed by atoms with Crippen LogP contribution in [-0.4, -0.2) is 33.0 Å². The highest BCUT2D eigenvalue weighted by atomic mass is 32.2. The first kappa shape index (κ1) is 26.9. The van der Waals surface area contributed by atoms with Crippen molar-refractivity contribution in [3.63, 3.8) is 0 Å². The van der Waals surface area contributed by atoms with E-state index in [9.17, 15) is 18.0 Å². The first-order valence-electron chi connectivity index (χ1n) is 11.9. The van der Waals surface area contributed by atoms with Gasteiger partial charge in [-0.2, -0.15) is 0 Å². The summed E-state index contributed by atoms with van der Waals surface area (Å²) in [6, 6.07) is 21.7. The molecule has 190 valence electrons. The zero-order chi connectivity index (χ0) is 26.3. The first-order valence-corrected chi connectivity index (χ1v) is 13.7. The molecule has 0 bridgehead atoms. The van der Waals surface area contributed by atoms with Crippen molar-refractivity contribution in [3.05, 3.63) is 95.1 Å². The number of aryl methyl sites for hydroxylation is 2. The summed E-state index contributed by atoms with van der Waals surface area (Å²) < 4.78 is 26.1. The molecule has 0 aromatic heterocycles. The molecule has 1 atom stereocenters. The topological polar surface area (TPSA) is 95.6 Å². The molecule has 0 fully saturated rings. The van der Waals surface area contributed by atoms with Crippen LogP contribution in [0.5, 0.6) is 0 Å². The lowest BCUT2D eigenvalue weighted by Gasteiger charge is -2.23. The number of hydrogen-bond acceptors (Lipinski definition) is 4. The van der Waals surface area contributed by atoms with E-state index in [2.05, 4.69) is 10.6 Å². The van der Waals surface area contributed by atoms with E-state index >= 15 is 0 Å². The fourth-order valence-electron chi connectivity index (χ4n) is 3.85. The Labute approximate surface area is 213 Å². The molecule has 0 saturated carbocycles. The van der Waals surface area contributed by atoms with E-state index in [0.29, 0.717) is 23.4 Å². The zero-order valence-electron chi connectivity index (χ0n) is 21.1. The Morgan fingerprint density at radius 1 is 0.917 bits per heavy atom. The highest BCUT2D eigenvalue weighted by Crippen LogP contribution is 2.22. The molecule has 2 amide bonds. The van der Waals surface area contributed by atoms with Crippen LogP contribution in [0.3, 0.4) is 0 Å². The molecule has 3 aromatic rings. The Bertz CT molecular complexity index is 1320. The third-order valence-electron chi connectivity index (χ3n) is 6.04. The van der Waals surface area contributed by atoms with Gasteiger partial charge < -0.3 is 10.6 Å². The van der Waals surface area contributed by atoms with Crippen LogP contribution in [0, 0.1) is 13.8 Å². The van der Waals surface area contributed by atoms with Crippen LogP contribution in [0.4, 0.5) is 11.4 Å². The van der Waals surface area contributed by atoms with E-state index in [-0.39, 0.29) is 30.8 Å². The standard InChI is InChI=1S/C28H33N3O4S/c1-20-16-17-24(19-21(20)2)31(36(4,34)35)18-10-15-27(32)30-26-14-9-8-13-25(26)28(33)29-22(3)23-11-6-5-7-12-23/h5-9,11-14,16-17,19,22H,10,15,18H2,1-4H3,(H,29,33)(H,30,32)/t22-/m1/s1. The summed E-state index contributed by atoms with van der Waals surface area (Å²) in [4.78, 5) is 25.6. The van der Waals surface area contributed by atoms with Crippen LogP contribution in [0.25, 0.3) is 0 Å². The number of para-hydroxylation sites is 1. The van der Waals surface area contributed by atoms with Gasteiger partial charge >= 0.3 is 0 Å². The first-order chi connectivity index (χ1) is 17.1. The van der Waals surface area contributed by atoms with Gasteiger partial charge in [0.15, 0.2) is 0 Å². The number of anilines is 2. The Hall–Kier alpha value is -3.65. The highest BCUT2D eigenvalue weighted by molar-refractivity contribution is 7.92.